The lowest BCUT2D eigenvalue weighted by Crippen LogP contribution is -2.06. The average Bonchev–Trinajstić information content (AvgIpc) is 3.00. The molecule has 5 heteroatoms. The molecule has 0 spiro atoms. The summed E-state index contributed by atoms with van der Waals surface area (Å²) < 4.78 is 7.36. The molecule has 2 aromatic heterocycles. The van der Waals surface area contributed by atoms with Crippen LogP contribution in [0, 0.1) is 6.92 Å². The van der Waals surface area contributed by atoms with Crippen LogP contribution >= 0.6 is 11.6 Å². The first kappa shape index (κ1) is 12.2. The van der Waals surface area contributed by atoms with Gasteiger partial charge in [0, 0.05) is 18.4 Å². The number of rotatable bonds is 4. The molecule has 0 atom stereocenters. The summed E-state index contributed by atoms with van der Waals surface area (Å²) in [7, 11) is 0. The van der Waals surface area contributed by atoms with Gasteiger partial charge in [-0.2, -0.15) is 0 Å². The normalized spacial score (nSPS) is 11.3. The number of nitrogens with zero attached hydrogens (tertiary/aromatic N) is 3. The van der Waals surface area contributed by atoms with Crippen LogP contribution in [0.5, 0.6) is 0 Å². The van der Waals surface area contributed by atoms with E-state index in [2.05, 4.69) is 27.7 Å². The first-order valence-corrected chi connectivity index (χ1v) is 6.73. The molecule has 0 unspecified atom stereocenters. The van der Waals surface area contributed by atoms with E-state index in [1.807, 2.05) is 18.2 Å². The van der Waals surface area contributed by atoms with Crippen LogP contribution in [0.2, 0.25) is 0 Å². The summed E-state index contributed by atoms with van der Waals surface area (Å²) >= 11 is 5.87. The van der Waals surface area contributed by atoms with Crippen molar-refractivity contribution in [1.82, 2.24) is 14.7 Å². The van der Waals surface area contributed by atoms with E-state index in [0.29, 0.717) is 12.4 Å². The Hall–Kier alpha value is -1.81. The van der Waals surface area contributed by atoms with Crippen molar-refractivity contribution >= 4 is 22.6 Å². The van der Waals surface area contributed by atoms with Crippen molar-refractivity contribution in [1.29, 1.82) is 0 Å². The zero-order valence-corrected chi connectivity index (χ0v) is 11.4. The second-order valence-electron chi connectivity index (χ2n) is 4.47. The molecular weight excluding hydrogens is 262 g/mol. The van der Waals surface area contributed by atoms with Gasteiger partial charge in [0.15, 0.2) is 5.76 Å². The largest absolute Gasteiger partial charge is 0.359 e. The third-order valence-electron chi connectivity index (χ3n) is 3.17. The van der Waals surface area contributed by atoms with Gasteiger partial charge in [-0.3, -0.25) is 0 Å². The molecule has 0 amide bonds. The maximum absolute atomic E-state index is 5.87. The number of hydrogen-bond acceptors (Lipinski definition) is 3. The van der Waals surface area contributed by atoms with Crippen molar-refractivity contribution < 1.29 is 4.52 Å². The highest BCUT2D eigenvalue weighted by Crippen LogP contribution is 2.22. The molecule has 0 aliphatic rings. The van der Waals surface area contributed by atoms with Crippen LogP contribution in [0.25, 0.3) is 11.0 Å². The van der Waals surface area contributed by atoms with Crippen LogP contribution in [0.15, 0.2) is 35.0 Å². The number of imidazole rings is 1. The number of aromatic nitrogens is 3. The van der Waals surface area contributed by atoms with Gasteiger partial charge in [-0.1, -0.05) is 17.3 Å². The van der Waals surface area contributed by atoms with Gasteiger partial charge < -0.3 is 9.09 Å². The van der Waals surface area contributed by atoms with E-state index in [1.165, 1.54) is 5.56 Å². The second-order valence-corrected chi connectivity index (χ2v) is 4.85. The van der Waals surface area contributed by atoms with Crippen molar-refractivity contribution in [3.05, 3.63) is 47.6 Å². The van der Waals surface area contributed by atoms with Gasteiger partial charge in [0.1, 0.15) is 5.82 Å². The van der Waals surface area contributed by atoms with E-state index in [4.69, 9.17) is 16.1 Å². The lowest BCUT2D eigenvalue weighted by molar-refractivity contribution is 0.376. The number of aryl methyl sites for hydroxylation is 2. The summed E-state index contributed by atoms with van der Waals surface area (Å²) in [5, 5.41) is 3.75. The number of halogens is 1. The van der Waals surface area contributed by atoms with Crippen molar-refractivity contribution in [2.45, 2.75) is 19.9 Å². The molecule has 0 saturated heterocycles. The maximum atomic E-state index is 5.87. The van der Waals surface area contributed by atoms with E-state index in [0.717, 1.165) is 29.0 Å². The summed E-state index contributed by atoms with van der Waals surface area (Å²) in [4.78, 5) is 4.66. The Bertz CT molecular complexity index is 688. The molecule has 0 fully saturated rings. The molecule has 0 N–H and O–H groups in total. The molecule has 0 aliphatic carbocycles. The summed E-state index contributed by atoms with van der Waals surface area (Å²) in [6.45, 7) is 2.72. The molecule has 4 nitrogen and oxygen atoms in total. The summed E-state index contributed by atoms with van der Waals surface area (Å²) in [5.74, 6) is 2.35. The van der Waals surface area contributed by atoms with Crippen LogP contribution in [0.1, 0.15) is 17.1 Å². The Labute approximate surface area is 116 Å². The molecule has 98 valence electrons. The van der Waals surface area contributed by atoms with E-state index >= 15 is 0 Å². The van der Waals surface area contributed by atoms with Crippen LogP contribution < -0.4 is 0 Å². The van der Waals surface area contributed by atoms with Gasteiger partial charge in [0.2, 0.25) is 0 Å². The molecule has 2 heterocycles. The number of para-hydroxylation sites is 1. The number of fused-ring (bicyclic) bond motifs is 1. The predicted octanol–water partition coefficient (Wildman–Crippen LogP) is 3.16. The minimum absolute atomic E-state index is 0.554. The Balaban J connectivity index is 2.15. The quantitative estimate of drug-likeness (QED) is 0.687. The average molecular weight is 276 g/mol. The Morgan fingerprint density at radius 1 is 1.32 bits per heavy atom. The SMILES string of the molecule is Cc1cccc2nc(CCCl)n(Cc3ccno3)c12. The van der Waals surface area contributed by atoms with Gasteiger partial charge in [-0.05, 0) is 18.6 Å². The molecule has 0 radical (unpaired) electrons. The zero-order chi connectivity index (χ0) is 13.2. The van der Waals surface area contributed by atoms with E-state index in [-0.39, 0.29) is 0 Å². The monoisotopic (exact) mass is 275 g/mol. The van der Waals surface area contributed by atoms with Crippen molar-refractivity contribution in [2.75, 3.05) is 5.88 Å². The Kier molecular flexibility index (Phi) is 3.25. The smallest absolute Gasteiger partial charge is 0.156 e. The molecule has 19 heavy (non-hydrogen) atoms. The maximum Gasteiger partial charge on any atom is 0.156 e. The molecular formula is C14H14ClN3O. The van der Waals surface area contributed by atoms with Crippen molar-refractivity contribution in [3.8, 4) is 0 Å². The van der Waals surface area contributed by atoms with E-state index in [9.17, 15) is 0 Å². The summed E-state index contributed by atoms with van der Waals surface area (Å²) in [5.41, 5.74) is 3.34. The van der Waals surface area contributed by atoms with E-state index < -0.39 is 0 Å². The molecule has 0 aliphatic heterocycles. The van der Waals surface area contributed by atoms with Gasteiger partial charge in [0.25, 0.3) is 0 Å². The first-order chi connectivity index (χ1) is 9.29. The van der Waals surface area contributed by atoms with Crippen LogP contribution in [0.3, 0.4) is 0 Å². The highest BCUT2D eigenvalue weighted by Gasteiger charge is 2.13. The lowest BCUT2D eigenvalue weighted by atomic mass is 10.2. The van der Waals surface area contributed by atoms with Crippen molar-refractivity contribution in [3.63, 3.8) is 0 Å². The molecule has 3 aromatic rings. The third-order valence-corrected chi connectivity index (χ3v) is 3.36. The van der Waals surface area contributed by atoms with Gasteiger partial charge in [-0.25, -0.2) is 4.98 Å². The molecule has 3 rings (SSSR count). The van der Waals surface area contributed by atoms with Gasteiger partial charge in [0.05, 0.1) is 23.8 Å². The molecule has 1 aromatic carbocycles. The second kappa shape index (κ2) is 5.05. The van der Waals surface area contributed by atoms with Crippen LogP contribution in [-0.4, -0.2) is 20.6 Å². The van der Waals surface area contributed by atoms with Crippen molar-refractivity contribution in [2.24, 2.45) is 0 Å². The topological polar surface area (TPSA) is 43.9 Å². The fourth-order valence-electron chi connectivity index (χ4n) is 2.34. The Morgan fingerprint density at radius 2 is 2.21 bits per heavy atom. The number of benzene rings is 1. The minimum Gasteiger partial charge on any atom is -0.359 e. The summed E-state index contributed by atoms with van der Waals surface area (Å²) in [6.07, 6.45) is 2.40. The number of alkyl halides is 1. The zero-order valence-electron chi connectivity index (χ0n) is 10.6. The first-order valence-electron chi connectivity index (χ1n) is 6.20. The Morgan fingerprint density at radius 3 is 2.95 bits per heavy atom. The van der Waals surface area contributed by atoms with E-state index in [1.54, 1.807) is 6.20 Å². The fraction of sp³-hybridized carbons (Fsp3) is 0.286. The summed E-state index contributed by atoms with van der Waals surface area (Å²) in [6, 6.07) is 8.00. The van der Waals surface area contributed by atoms with Gasteiger partial charge in [-0.15, -0.1) is 11.6 Å². The number of hydrogen-bond donors (Lipinski definition) is 0. The standard InChI is InChI=1S/C14H14ClN3O/c1-10-3-2-4-12-14(10)18(13(17-12)5-7-15)9-11-6-8-16-19-11/h2-4,6,8H,5,7,9H2,1H3. The predicted molar refractivity (Wildman–Crippen MR) is 74.5 cm³/mol. The minimum atomic E-state index is 0.554. The fourth-order valence-corrected chi connectivity index (χ4v) is 2.51. The third kappa shape index (κ3) is 2.24. The van der Waals surface area contributed by atoms with Gasteiger partial charge >= 0.3 is 0 Å². The highest BCUT2D eigenvalue weighted by atomic mass is 35.5. The molecule has 0 bridgehead atoms. The lowest BCUT2D eigenvalue weighted by Gasteiger charge is -2.07. The van der Waals surface area contributed by atoms with Crippen LogP contribution in [-0.2, 0) is 13.0 Å². The molecule has 0 saturated carbocycles. The highest BCUT2D eigenvalue weighted by molar-refractivity contribution is 6.17. The van der Waals surface area contributed by atoms with Crippen LogP contribution in [0.4, 0.5) is 0 Å².